The van der Waals surface area contributed by atoms with Gasteiger partial charge in [0.05, 0.1) is 0 Å². The summed E-state index contributed by atoms with van der Waals surface area (Å²) in [6.45, 7) is 6.43. The van der Waals surface area contributed by atoms with Crippen molar-refractivity contribution in [3.05, 3.63) is 59.2 Å². The van der Waals surface area contributed by atoms with Crippen molar-refractivity contribution in [1.29, 1.82) is 0 Å². The first-order valence-electron chi connectivity index (χ1n) is 13.0. The summed E-state index contributed by atoms with van der Waals surface area (Å²) in [5.74, 6) is 0.722. The van der Waals surface area contributed by atoms with Gasteiger partial charge in [0.1, 0.15) is 0 Å². The number of benzene rings is 2. The molecule has 5 nitrogen and oxygen atoms in total. The first-order valence-corrected chi connectivity index (χ1v) is 15.7. The average molecular weight is 500 g/mol. The molecule has 0 saturated carbocycles. The van der Waals surface area contributed by atoms with E-state index >= 15 is 0 Å². The number of aryl methyl sites for hydroxylation is 2. The van der Waals surface area contributed by atoms with Crippen LogP contribution in [0.3, 0.4) is 0 Å². The molecule has 1 saturated heterocycles. The van der Waals surface area contributed by atoms with Crippen LogP contribution in [-0.4, -0.2) is 43.1 Å². The third kappa shape index (κ3) is 7.30. The number of methoxy groups -OCH3 is 1. The summed E-state index contributed by atoms with van der Waals surface area (Å²) in [6.07, 6.45) is 8.79. The molecule has 1 amide bonds. The van der Waals surface area contributed by atoms with Gasteiger partial charge in [-0.25, -0.2) is 0 Å². The van der Waals surface area contributed by atoms with Crippen LogP contribution in [0.4, 0.5) is 5.69 Å². The Morgan fingerprint density at radius 2 is 1.63 bits per heavy atom. The summed E-state index contributed by atoms with van der Waals surface area (Å²) in [5.41, 5.74) is 3.73. The molecule has 0 aliphatic carbocycles. The zero-order chi connectivity index (χ0) is 25.3. The molecule has 1 fully saturated rings. The van der Waals surface area contributed by atoms with Gasteiger partial charge in [-0.1, -0.05) is 0 Å². The summed E-state index contributed by atoms with van der Waals surface area (Å²) >= 11 is 0. The normalized spacial score (nSPS) is 17.0. The molecule has 1 N–H and O–H groups in total. The van der Waals surface area contributed by atoms with Crippen molar-refractivity contribution in [3.8, 4) is 5.75 Å². The topological polar surface area (TPSA) is 64.6 Å². The van der Waals surface area contributed by atoms with E-state index < -0.39 is 7.26 Å². The first kappa shape index (κ1) is 27.2. The minimum absolute atomic E-state index is 0.0765. The zero-order valence-electron chi connectivity index (χ0n) is 21.8. The minimum atomic E-state index is -2.27. The van der Waals surface area contributed by atoms with Crippen LogP contribution in [0.25, 0.3) is 0 Å². The van der Waals surface area contributed by atoms with Crippen LogP contribution in [0.1, 0.15) is 62.1 Å². The molecule has 1 unspecified atom stereocenters. The van der Waals surface area contributed by atoms with Gasteiger partial charge in [0, 0.05) is 0 Å². The van der Waals surface area contributed by atoms with Gasteiger partial charge in [0.25, 0.3) is 0 Å². The average Bonchev–Trinajstić information content (AvgIpc) is 3.09. The van der Waals surface area contributed by atoms with E-state index in [1.54, 1.807) is 7.11 Å². The molecule has 2 aromatic carbocycles. The van der Waals surface area contributed by atoms with Crippen molar-refractivity contribution in [2.45, 2.75) is 71.6 Å². The van der Waals surface area contributed by atoms with Crippen molar-refractivity contribution < 1.29 is 19.1 Å². The number of carbonyl (C=O) groups is 2. The van der Waals surface area contributed by atoms with Crippen LogP contribution in [-0.2, 0) is 20.9 Å². The van der Waals surface area contributed by atoms with E-state index in [1.807, 2.05) is 56.3 Å². The molecule has 6 heteroatoms. The van der Waals surface area contributed by atoms with E-state index in [9.17, 15) is 9.59 Å². The quantitative estimate of drug-likeness (QED) is 0.300. The number of anilines is 1. The molecule has 3 rings (SSSR count). The fourth-order valence-corrected chi connectivity index (χ4v) is 11.3. The second-order valence-corrected chi connectivity index (χ2v) is 14.8. The maximum atomic E-state index is 13.9. The Kier molecular flexibility index (Phi) is 10.2. The fourth-order valence-electron chi connectivity index (χ4n) is 5.61. The molecule has 0 bridgehead atoms. The Morgan fingerprint density at radius 1 is 1.00 bits per heavy atom. The molecular weight excluding hydrogens is 457 g/mol. The molecule has 0 spiro atoms. The molecule has 35 heavy (non-hydrogen) atoms. The second-order valence-electron chi connectivity index (χ2n) is 10.1. The standard InChI is InChI=1S/C29H42NO4P/c1-5-13-26(29(32)30-28-22(2)18-25(33-4)19-23(28)3)35(16-11-6-7-12-17-35)21-27(31)34-20-24-14-9-8-10-15-24/h8-10,14-15,18-19,26,35H,5-7,11-13,16-17,20-21H2,1-4H3,(H,30,32). The number of amides is 1. The molecule has 192 valence electrons. The predicted octanol–water partition coefficient (Wildman–Crippen LogP) is 6.49. The number of hydrogen-bond donors (Lipinski definition) is 1. The Morgan fingerprint density at radius 3 is 2.20 bits per heavy atom. The SMILES string of the molecule is CCCC(C(=O)Nc1c(C)cc(OC)cc1C)[PH]1(CC(=O)OCc2ccccc2)CCCCCC1. The van der Waals surface area contributed by atoms with E-state index in [0.29, 0.717) is 12.8 Å². The van der Waals surface area contributed by atoms with Gasteiger partial charge in [-0.05, 0) is 0 Å². The number of hydrogen-bond acceptors (Lipinski definition) is 4. The van der Waals surface area contributed by atoms with Crippen molar-refractivity contribution >= 4 is 24.8 Å². The number of rotatable bonds is 10. The molecule has 0 aromatic heterocycles. The van der Waals surface area contributed by atoms with E-state index in [4.69, 9.17) is 9.47 Å². The Balaban J connectivity index is 1.83. The third-order valence-electron chi connectivity index (χ3n) is 7.46. The molecule has 1 heterocycles. The van der Waals surface area contributed by atoms with Crippen molar-refractivity contribution in [1.82, 2.24) is 0 Å². The summed E-state index contributed by atoms with van der Waals surface area (Å²) in [4.78, 5) is 27.0. The molecule has 1 aliphatic heterocycles. The Hall–Kier alpha value is -2.39. The fraction of sp³-hybridized carbons (Fsp3) is 0.517. The molecule has 0 radical (unpaired) electrons. The van der Waals surface area contributed by atoms with Gasteiger partial charge < -0.3 is 0 Å². The molecule has 1 atom stereocenters. The van der Waals surface area contributed by atoms with Crippen molar-refractivity contribution in [2.24, 2.45) is 0 Å². The van der Waals surface area contributed by atoms with Crippen LogP contribution in [0.15, 0.2) is 42.5 Å². The maximum absolute atomic E-state index is 13.9. The Labute approximate surface area is 211 Å². The van der Waals surface area contributed by atoms with Gasteiger partial charge in [-0.2, -0.15) is 0 Å². The molecular formula is C29H42NO4P. The summed E-state index contributed by atoms with van der Waals surface area (Å²) in [6, 6.07) is 13.7. The number of esters is 1. The van der Waals surface area contributed by atoms with Gasteiger partial charge in [0.2, 0.25) is 0 Å². The third-order valence-corrected chi connectivity index (χ3v) is 13.2. The molecule has 1 aliphatic rings. The van der Waals surface area contributed by atoms with Gasteiger partial charge >= 0.3 is 211 Å². The van der Waals surface area contributed by atoms with Gasteiger partial charge in [0.15, 0.2) is 0 Å². The van der Waals surface area contributed by atoms with Gasteiger partial charge in [-0.3, -0.25) is 0 Å². The molecule has 2 aromatic rings. The van der Waals surface area contributed by atoms with E-state index in [-0.39, 0.29) is 17.5 Å². The van der Waals surface area contributed by atoms with Crippen LogP contribution >= 0.6 is 7.26 Å². The van der Waals surface area contributed by atoms with Crippen LogP contribution in [0.5, 0.6) is 5.75 Å². The number of nitrogens with one attached hydrogen (secondary N) is 1. The van der Waals surface area contributed by atoms with Crippen LogP contribution in [0.2, 0.25) is 0 Å². The Bertz CT molecular complexity index is 960. The van der Waals surface area contributed by atoms with Crippen molar-refractivity contribution in [2.75, 3.05) is 30.9 Å². The predicted molar refractivity (Wildman–Crippen MR) is 147 cm³/mol. The van der Waals surface area contributed by atoms with Crippen LogP contribution < -0.4 is 10.1 Å². The van der Waals surface area contributed by atoms with E-state index in [1.165, 1.54) is 12.8 Å². The van der Waals surface area contributed by atoms with Crippen molar-refractivity contribution in [3.63, 3.8) is 0 Å². The van der Waals surface area contributed by atoms with E-state index in [0.717, 1.165) is 66.1 Å². The monoisotopic (exact) mass is 499 g/mol. The number of carbonyl (C=O) groups excluding carboxylic acids is 2. The second kappa shape index (κ2) is 13.1. The zero-order valence-corrected chi connectivity index (χ0v) is 22.8. The van der Waals surface area contributed by atoms with Gasteiger partial charge in [-0.15, -0.1) is 0 Å². The number of ether oxygens (including phenoxy) is 2. The van der Waals surface area contributed by atoms with E-state index in [2.05, 4.69) is 12.2 Å². The first-order chi connectivity index (χ1) is 16.9. The van der Waals surface area contributed by atoms with Crippen LogP contribution in [0, 0.1) is 13.8 Å². The summed E-state index contributed by atoms with van der Waals surface area (Å²) < 4.78 is 11.1. The summed E-state index contributed by atoms with van der Waals surface area (Å²) in [5, 5.41) is 3.28. The summed E-state index contributed by atoms with van der Waals surface area (Å²) in [7, 11) is -0.611.